The van der Waals surface area contributed by atoms with Gasteiger partial charge in [-0.3, -0.25) is 0 Å². The van der Waals surface area contributed by atoms with Crippen molar-refractivity contribution in [2.45, 2.75) is 19.5 Å². The SMILES string of the molecule is Cc1ccc(CC(F)c2ccc(-c3ccccc3)cc2)cc1. The minimum Gasteiger partial charge on any atom is -0.242 e. The van der Waals surface area contributed by atoms with Crippen LogP contribution in [0.15, 0.2) is 78.9 Å². The summed E-state index contributed by atoms with van der Waals surface area (Å²) in [5.74, 6) is 0. The summed E-state index contributed by atoms with van der Waals surface area (Å²) in [5.41, 5.74) is 5.24. The van der Waals surface area contributed by atoms with Crippen molar-refractivity contribution in [3.05, 3.63) is 95.6 Å². The molecule has 0 spiro atoms. The molecule has 0 nitrogen and oxygen atoms in total. The average Bonchev–Trinajstić information content (AvgIpc) is 2.58. The van der Waals surface area contributed by atoms with Crippen LogP contribution >= 0.6 is 0 Å². The molecule has 3 aromatic rings. The lowest BCUT2D eigenvalue weighted by molar-refractivity contribution is 0.342. The molecule has 110 valence electrons. The molecule has 0 saturated carbocycles. The van der Waals surface area contributed by atoms with Crippen LogP contribution in [0, 0.1) is 6.92 Å². The van der Waals surface area contributed by atoms with Gasteiger partial charge in [0.25, 0.3) is 0 Å². The number of alkyl halides is 1. The molecule has 0 amide bonds. The van der Waals surface area contributed by atoms with Gasteiger partial charge >= 0.3 is 0 Å². The van der Waals surface area contributed by atoms with E-state index in [1.54, 1.807) is 0 Å². The van der Waals surface area contributed by atoms with E-state index >= 15 is 0 Å². The lowest BCUT2D eigenvalue weighted by atomic mass is 9.99. The van der Waals surface area contributed by atoms with Crippen molar-refractivity contribution in [3.8, 4) is 11.1 Å². The van der Waals surface area contributed by atoms with Crippen LogP contribution in [0.25, 0.3) is 11.1 Å². The molecule has 0 aliphatic carbocycles. The van der Waals surface area contributed by atoms with Crippen LogP contribution in [0.1, 0.15) is 22.9 Å². The van der Waals surface area contributed by atoms with E-state index in [2.05, 4.69) is 12.1 Å². The van der Waals surface area contributed by atoms with Gasteiger partial charge in [0, 0.05) is 6.42 Å². The molecule has 0 N–H and O–H groups in total. The Balaban J connectivity index is 1.73. The zero-order valence-electron chi connectivity index (χ0n) is 12.7. The summed E-state index contributed by atoms with van der Waals surface area (Å²) in [6.07, 6.45) is -0.544. The molecule has 3 rings (SSSR count). The molecule has 0 aliphatic rings. The molecule has 0 aromatic heterocycles. The third-order valence-electron chi connectivity index (χ3n) is 3.92. The lowest BCUT2D eigenvalue weighted by Crippen LogP contribution is -1.97. The highest BCUT2D eigenvalue weighted by Crippen LogP contribution is 2.26. The quantitative estimate of drug-likeness (QED) is 0.560. The van der Waals surface area contributed by atoms with E-state index in [1.165, 1.54) is 5.56 Å². The second-order valence-corrected chi connectivity index (χ2v) is 5.65. The van der Waals surface area contributed by atoms with Gasteiger partial charge in [-0.15, -0.1) is 0 Å². The summed E-state index contributed by atoms with van der Waals surface area (Å²) in [7, 11) is 0. The monoisotopic (exact) mass is 290 g/mol. The number of rotatable bonds is 4. The maximum absolute atomic E-state index is 14.5. The Morgan fingerprint density at radius 3 is 1.95 bits per heavy atom. The first-order chi connectivity index (χ1) is 10.7. The highest BCUT2D eigenvalue weighted by Gasteiger charge is 2.11. The Bertz CT molecular complexity index is 712. The minimum atomic E-state index is -0.965. The summed E-state index contributed by atoms with van der Waals surface area (Å²) in [6, 6.07) is 26.0. The van der Waals surface area contributed by atoms with Gasteiger partial charge in [-0.05, 0) is 29.2 Å². The number of aryl methyl sites for hydroxylation is 1. The zero-order chi connectivity index (χ0) is 15.4. The maximum atomic E-state index is 14.5. The van der Waals surface area contributed by atoms with E-state index in [4.69, 9.17) is 0 Å². The van der Waals surface area contributed by atoms with Crippen molar-refractivity contribution in [2.24, 2.45) is 0 Å². The third kappa shape index (κ3) is 3.43. The molecule has 3 aromatic carbocycles. The van der Waals surface area contributed by atoms with Crippen LogP contribution in [0.5, 0.6) is 0 Å². The fraction of sp³-hybridized carbons (Fsp3) is 0.143. The molecular weight excluding hydrogens is 271 g/mol. The Hall–Kier alpha value is -2.41. The molecular formula is C21H19F. The van der Waals surface area contributed by atoms with E-state index in [0.29, 0.717) is 6.42 Å². The largest absolute Gasteiger partial charge is 0.242 e. The molecule has 0 bridgehead atoms. The van der Waals surface area contributed by atoms with E-state index in [9.17, 15) is 4.39 Å². The molecule has 0 fully saturated rings. The topological polar surface area (TPSA) is 0 Å². The van der Waals surface area contributed by atoms with E-state index in [0.717, 1.165) is 22.3 Å². The number of benzene rings is 3. The molecule has 1 heteroatoms. The van der Waals surface area contributed by atoms with Gasteiger partial charge < -0.3 is 0 Å². The standard InChI is InChI=1S/C21H19F/c1-16-7-9-17(10-8-16)15-21(22)20-13-11-19(12-14-20)18-5-3-2-4-6-18/h2-14,21H,15H2,1H3. The number of hydrogen-bond donors (Lipinski definition) is 0. The van der Waals surface area contributed by atoms with Gasteiger partial charge in [-0.2, -0.15) is 0 Å². The normalized spacial score (nSPS) is 12.1. The van der Waals surface area contributed by atoms with Crippen molar-refractivity contribution >= 4 is 0 Å². The van der Waals surface area contributed by atoms with Crippen molar-refractivity contribution in [1.29, 1.82) is 0 Å². The molecule has 1 atom stereocenters. The van der Waals surface area contributed by atoms with Crippen molar-refractivity contribution < 1.29 is 4.39 Å². The Kier molecular flexibility index (Phi) is 4.34. The molecule has 1 unspecified atom stereocenters. The number of halogens is 1. The second kappa shape index (κ2) is 6.57. The van der Waals surface area contributed by atoms with Crippen molar-refractivity contribution in [3.63, 3.8) is 0 Å². The first kappa shape index (κ1) is 14.5. The first-order valence-electron chi connectivity index (χ1n) is 7.57. The van der Waals surface area contributed by atoms with Gasteiger partial charge in [0.05, 0.1) is 0 Å². The molecule has 0 saturated heterocycles. The first-order valence-corrected chi connectivity index (χ1v) is 7.57. The fourth-order valence-corrected chi connectivity index (χ4v) is 2.56. The van der Waals surface area contributed by atoms with Gasteiger partial charge in [-0.25, -0.2) is 4.39 Å². The average molecular weight is 290 g/mol. The van der Waals surface area contributed by atoms with Crippen LogP contribution in [0.2, 0.25) is 0 Å². The predicted octanol–water partition coefficient (Wildman–Crippen LogP) is 5.92. The third-order valence-corrected chi connectivity index (χ3v) is 3.92. The van der Waals surface area contributed by atoms with E-state index < -0.39 is 6.17 Å². The molecule has 0 aliphatic heterocycles. The molecule has 0 heterocycles. The summed E-state index contributed by atoms with van der Waals surface area (Å²) in [6.45, 7) is 2.04. The van der Waals surface area contributed by atoms with Gasteiger partial charge in [-0.1, -0.05) is 84.4 Å². The van der Waals surface area contributed by atoms with Gasteiger partial charge in [0.2, 0.25) is 0 Å². The predicted molar refractivity (Wildman–Crippen MR) is 90.6 cm³/mol. The maximum Gasteiger partial charge on any atom is 0.129 e. The minimum absolute atomic E-state index is 0.422. The van der Waals surface area contributed by atoms with E-state index in [1.807, 2.05) is 73.7 Å². The summed E-state index contributed by atoms with van der Waals surface area (Å²) in [5, 5.41) is 0. The smallest absolute Gasteiger partial charge is 0.129 e. The Morgan fingerprint density at radius 2 is 1.32 bits per heavy atom. The second-order valence-electron chi connectivity index (χ2n) is 5.65. The number of hydrogen-bond acceptors (Lipinski definition) is 0. The molecule has 0 radical (unpaired) electrons. The van der Waals surface area contributed by atoms with Crippen LogP contribution in [-0.2, 0) is 6.42 Å². The summed E-state index contributed by atoms with van der Waals surface area (Å²) >= 11 is 0. The summed E-state index contributed by atoms with van der Waals surface area (Å²) in [4.78, 5) is 0. The van der Waals surface area contributed by atoms with Gasteiger partial charge in [0.15, 0.2) is 0 Å². The zero-order valence-corrected chi connectivity index (χ0v) is 12.7. The Labute approximate surface area is 131 Å². The highest BCUT2D eigenvalue weighted by molar-refractivity contribution is 5.63. The fourth-order valence-electron chi connectivity index (χ4n) is 2.56. The van der Waals surface area contributed by atoms with Crippen LogP contribution in [-0.4, -0.2) is 0 Å². The summed E-state index contributed by atoms with van der Waals surface area (Å²) < 4.78 is 14.5. The van der Waals surface area contributed by atoms with Crippen LogP contribution in [0.3, 0.4) is 0 Å². The highest BCUT2D eigenvalue weighted by atomic mass is 19.1. The van der Waals surface area contributed by atoms with Crippen molar-refractivity contribution in [2.75, 3.05) is 0 Å². The Morgan fingerprint density at radius 1 is 0.727 bits per heavy atom. The lowest BCUT2D eigenvalue weighted by Gasteiger charge is -2.10. The van der Waals surface area contributed by atoms with Gasteiger partial charge in [0.1, 0.15) is 6.17 Å². The van der Waals surface area contributed by atoms with Crippen molar-refractivity contribution in [1.82, 2.24) is 0 Å². The molecule has 22 heavy (non-hydrogen) atoms. The van der Waals surface area contributed by atoms with E-state index in [-0.39, 0.29) is 0 Å². The van der Waals surface area contributed by atoms with Crippen LogP contribution < -0.4 is 0 Å². The van der Waals surface area contributed by atoms with Crippen LogP contribution in [0.4, 0.5) is 4.39 Å².